The highest BCUT2D eigenvalue weighted by atomic mass is 16.7. The van der Waals surface area contributed by atoms with E-state index >= 15 is 0 Å². The number of anilines is 2. The van der Waals surface area contributed by atoms with Gasteiger partial charge in [0.1, 0.15) is 0 Å². The molecule has 0 bridgehead atoms. The molecule has 3 aromatic rings. The number of fused-ring (bicyclic) bond motifs is 2. The van der Waals surface area contributed by atoms with Crippen LogP contribution in [0.4, 0.5) is 11.4 Å². The number of pyridine rings is 1. The van der Waals surface area contributed by atoms with Crippen LogP contribution >= 0.6 is 0 Å². The zero-order valence-corrected chi connectivity index (χ0v) is 12.8. The summed E-state index contributed by atoms with van der Waals surface area (Å²) in [5, 5.41) is 6.95. The van der Waals surface area contributed by atoms with Crippen molar-refractivity contribution >= 4 is 28.2 Å². The van der Waals surface area contributed by atoms with Crippen LogP contribution in [0.3, 0.4) is 0 Å². The van der Waals surface area contributed by atoms with E-state index in [1.165, 1.54) is 0 Å². The molecule has 24 heavy (non-hydrogen) atoms. The summed E-state index contributed by atoms with van der Waals surface area (Å²) in [5.74, 6) is 1.25. The van der Waals surface area contributed by atoms with Crippen LogP contribution in [-0.4, -0.2) is 24.2 Å². The molecule has 2 N–H and O–H groups in total. The van der Waals surface area contributed by atoms with Gasteiger partial charge < -0.3 is 20.1 Å². The molecule has 1 aliphatic rings. The van der Waals surface area contributed by atoms with Crippen molar-refractivity contribution in [2.45, 2.75) is 0 Å². The third kappa shape index (κ3) is 2.81. The second-order valence-corrected chi connectivity index (χ2v) is 5.35. The third-order valence-corrected chi connectivity index (χ3v) is 3.73. The first kappa shape index (κ1) is 14.3. The highest BCUT2D eigenvalue weighted by Gasteiger charge is 2.13. The van der Waals surface area contributed by atoms with Crippen molar-refractivity contribution in [1.29, 1.82) is 0 Å². The molecule has 0 fully saturated rings. The van der Waals surface area contributed by atoms with Crippen molar-refractivity contribution in [3.05, 3.63) is 54.7 Å². The second kappa shape index (κ2) is 6.08. The van der Waals surface area contributed by atoms with Gasteiger partial charge in [-0.1, -0.05) is 18.2 Å². The zero-order valence-electron chi connectivity index (χ0n) is 12.8. The molecule has 0 radical (unpaired) electrons. The highest BCUT2D eigenvalue weighted by Crippen LogP contribution is 2.34. The van der Waals surface area contributed by atoms with Gasteiger partial charge in [-0.3, -0.25) is 9.78 Å². The van der Waals surface area contributed by atoms with E-state index in [0.717, 1.165) is 16.6 Å². The number of nitrogens with zero attached hydrogens (tertiary/aromatic N) is 1. The van der Waals surface area contributed by atoms with Crippen molar-refractivity contribution in [2.75, 3.05) is 24.0 Å². The number of hydrogen-bond donors (Lipinski definition) is 2. The summed E-state index contributed by atoms with van der Waals surface area (Å²) in [4.78, 5) is 16.5. The summed E-state index contributed by atoms with van der Waals surface area (Å²) in [5.41, 5.74) is 2.27. The molecule has 0 saturated carbocycles. The molecule has 0 aliphatic carbocycles. The molecule has 120 valence electrons. The van der Waals surface area contributed by atoms with Crippen molar-refractivity contribution in [3.8, 4) is 11.5 Å². The Morgan fingerprint density at radius 2 is 1.96 bits per heavy atom. The molecule has 0 saturated heterocycles. The van der Waals surface area contributed by atoms with Gasteiger partial charge in [-0.05, 0) is 24.3 Å². The fourth-order valence-electron chi connectivity index (χ4n) is 2.59. The lowest BCUT2D eigenvalue weighted by molar-refractivity contribution is -0.114. The quantitative estimate of drug-likeness (QED) is 0.773. The Labute approximate surface area is 138 Å². The minimum absolute atomic E-state index is 0.142. The average molecular weight is 321 g/mol. The Bertz CT molecular complexity index is 906. The van der Waals surface area contributed by atoms with Gasteiger partial charge in [0.05, 0.1) is 17.7 Å². The van der Waals surface area contributed by atoms with Gasteiger partial charge >= 0.3 is 0 Å². The minimum Gasteiger partial charge on any atom is -0.454 e. The van der Waals surface area contributed by atoms with Crippen LogP contribution in [0, 0.1) is 0 Å². The predicted octanol–water partition coefficient (Wildman–Crippen LogP) is 3.01. The fourth-order valence-corrected chi connectivity index (χ4v) is 2.59. The first-order valence-corrected chi connectivity index (χ1v) is 7.57. The Morgan fingerprint density at radius 3 is 2.92 bits per heavy atom. The maximum atomic E-state index is 12.2. The standard InChI is InChI=1S/C18H15N3O3/c22-17(10-20-13-6-7-15-16(9-13)24-11-23-15)21-14-5-1-3-12-4-2-8-19-18(12)14/h1-9,20H,10-11H2,(H,21,22). The van der Waals surface area contributed by atoms with Crippen molar-refractivity contribution in [3.63, 3.8) is 0 Å². The number of hydrogen-bond acceptors (Lipinski definition) is 5. The van der Waals surface area contributed by atoms with Crippen LogP contribution in [0.5, 0.6) is 11.5 Å². The van der Waals surface area contributed by atoms with Gasteiger partial charge in [-0.2, -0.15) is 0 Å². The molecule has 0 unspecified atom stereocenters. The molecule has 2 heterocycles. The summed E-state index contributed by atoms with van der Waals surface area (Å²) >= 11 is 0. The number of ether oxygens (including phenoxy) is 2. The topological polar surface area (TPSA) is 72.5 Å². The number of carbonyl (C=O) groups is 1. The monoisotopic (exact) mass is 321 g/mol. The van der Waals surface area contributed by atoms with Crippen molar-refractivity contribution in [2.24, 2.45) is 0 Å². The lowest BCUT2D eigenvalue weighted by atomic mass is 10.2. The molecule has 0 spiro atoms. The first-order chi connectivity index (χ1) is 11.8. The van der Waals surface area contributed by atoms with Gasteiger partial charge in [0.15, 0.2) is 11.5 Å². The van der Waals surface area contributed by atoms with Gasteiger partial charge in [0, 0.05) is 23.3 Å². The van der Waals surface area contributed by atoms with E-state index < -0.39 is 0 Å². The smallest absolute Gasteiger partial charge is 0.243 e. The second-order valence-electron chi connectivity index (χ2n) is 5.35. The van der Waals surface area contributed by atoms with Crippen LogP contribution < -0.4 is 20.1 Å². The minimum atomic E-state index is -0.147. The van der Waals surface area contributed by atoms with Crippen LogP contribution in [-0.2, 0) is 4.79 Å². The normalized spacial score (nSPS) is 12.2. The Kier molecular flexibility index (Phi) is 3.63. The zero-order chi connectivity index (χ0) is 16.4. The van der Waals surface area contributed by atoms with Crippen molar-refractivity contribution < 1.29 is 14.3 Å². The summed E-state index contributed by atoms with van der Waals surface area (Å²) < 4.78 is 10.6. The summed E-state index contributed by atoms with van der Waals surface area (Å²) in [6, 6.07) is 15.0. The van der Waals surface area contributed by atoms with Gasteiger partial charge in [-0.15, -0.1) is 0 Å². The molecule has 6 nitrogen and oxygen atoms in total. The van der Waals surface area contributed by atoms with Crippen LogP contribution in [0.15, 0.2) is 54.7 Å². The molecule has 0 atom stereocenters. The van der Waals surface area contributed by atoms with Crippen LogP contribution in [0.2, 0.25) is 0 Å². The number of rotatable bonds is 4. The number of nitrogens with one attached hydrogen (secondary N) is 2. The largest absolute Gasteiger partial charge is 0.454 e. The molecule has 4 rings (SSSR count). The SMILES string of the molecule is O=C(CNc1ccc2c(c1)OCO2)Nc1cccc2cccnc12. The number of aromatic nitrogens is 1. The fraction of sp³-hybridized carbons (Fsp3) is 0.111. The predicted molar refractivity (Wildman–Crippen MR) is 91.4 cm³/mol. The molecular weight excluding hydrogens is 306 g/mol. The van der Waals surface area contributed by atoms with E-state index in [1.54, 1.807) is 6.20 Å². The van der Waals surface area contributed by atoms with Crippen LogP contribution in [0.1, 0.15) is 0 Å². The Morgan fingerprint density at radius 1 is 1.08 bits per heavy atom. The van der Waals surface area contributed by atoms with Crippen molar-refractivity contribution in [1.82, 2.24) is 4.98 Å². The molecule has 1 aliphatic heterocycles. The molecule has 1 amide bonds. The summed E-state index contributed by atoms with van der Waals surface area (Å²) in [6.45, 7) is 0.371. The van der Waals surface area contributed by atoms with Crippen LogP contribution in [0.25, 0.3) is 10.9 Å². The number of benzene rings is 2. The number of para-hydroxylation sites is 1. The molecule has 1 aromatic heterocycles. The first-order valence-electron chi connectivity index (χ1n) is 7.57. The van der Waals surface area contributed by atoms with E-state index in [-0.39, 0.29) is 19.2 Å². The third-order valence-electron chi connectivity index (χ3n) is 3.73. The number of carbonyl (C=O) groups excluding carboxylic acids is 1. The van der Waals surface area contributed by atoms with E-state index in [4.69, 9.17) is 9.47 Å². The van der Waals surface area contributed by atoms with Gasteiger partial charge in [0.2, 0.25) is 12.7 Å². The summed E-state index contributed by atoms with van der Waals surface area (Å²) in [7, 11) is 0. The molecule has 2 aromatic carbocycles. The molecule has 6 heteroatoms. The van der Waals surface area contributed by atoms with E-state index in [1.807, 2.05) is 48.5 Å². The maximum absolute atomic E-state index is 12.2. The van der Waals surface area contributed by atoms with Gasteiger partial charge in [-0.25, -0.2) is 0 Å². The Balaban J connectivity index is 1.43. The average Bonchev–Trinajstić information content (AvgIpc) is 3.08. The summed E-state index contributed by atoms with van der Waals surface area (Å²) in [6.07, 6.45) is 1.71. The maximum Gasteiger partial charge on any atom is 0.243 e. The highest BCUT2D eigenvalue weighted by molar-refractivity contribution is 6.01. The lowest BCUT2D eigenvalue weighted by Gasteiger charge is -2.10. The molecular formula is C18H15N3O3. The lowest BCUT2D eigenvalue weighted by Crippen LogP contribution is -2.21. The van der Waals surface area contributed by atoms with E-state index in [2.05, 4.69) is 15.6 Å². The number of amides is 1. The Hall–Kier alpha value is -3.28. The van der Waals surface area contributed by atoms with E-state index in [9.17, 15) is 4.79 Å². The van der Waals surface area contributed by atoms with Gasteiger partial charge in [0.25, 0.3) is 0 Å². The van der Waals surface area contributed by atoms with E-state index in [0.29, 0.717) is 17.2 Å².